The van der Waals surface area contributed by atoms with Crippen LogP contribution in [0.15, 0.2) is 42.5 Å². The fourth-order valence-corrected chi connectivity index (χ4v) is 3.43. The number of likely N-dealkylation sites (N-methyl/N-ethyl adjacent to an activating group) is 1. The van der Waals surface area contributed by atoms with Crippen molar-refractivity contribution >= 4 is 34.8 Å². The Balaban J connectivity index is 2.00. The van der Waals surface area contributed by atoms with Crippen LogP contribution < -0.4 is 15.5 Å². The zero-order valence-electron chi connectivity index (χ0n) is 17.8. The standard InChI is InChI=1S/C23H30ClN3O2/c1-15(2)17-9-8-10-18(16(3)4)23(17)26-22(29)14-27(5)13-21(28)25-20-12-7-6-11-19(20)24/h6-12,15-16H,13-14H2,1-5H3,(H,25,28)(H,26,29)/p+1. The van der Waals surface area contributed by atoms with Gasteiger partial charge in [-0.05, 0) is 35.1 Å². The highest BCUT2D eigenvalue weighted by atomic mass is 35.5. The molecule has 0 fully saturated rings. The van der Waals surface area contributed by atoms with Crippen LogP contribution in [-0.2, 0) is 9.59 Å². The quantitative estimate of drug-likeness (QED) is 0.614. The number of rotatable bonds is 8. The Morgan fingerprint density at radius 3 is 1.90 bits per heavy atom. The summed E-state index contributed by atoms with van der Waals surface area (Å²) in [5.41, 5.74) is 3.72. The first-order valence-corrected chi connectivity index (χ1v) is 10.3. The van der Waals surface area contributed by atoms with Gasteiger partial charge in [0.2, 0.25) is 0 Å². The van der Waals surface area contributed by atoms with Crippen molar-refractivity contribution in [3.63, 3.8) is 0 Å². The molecule has 0 aliphatic carbocycles. The molecule has 3 N–H and O–H groups in total. The molecule has 0 aliphatic heterocycles. The lowest BCUT2D eigenvalue weighted by molar-refractivity contribution is -0.862. The topological polar surface area (TPSA) is 62.6 Å². The first kappa shape index (κ1) is 22.9. The largest absolute Gasteiger partial charge is 0.322 e. The Hall–Kier alpha value is -2.37. The van der Waals surface area contributed by atoms with E-state index in [1.807, 2.05) is 19.2 Å². The molecule has 6 heteroatoms. The van der Waals surface area contributed by atoms with Crippen molar-refractivity contribution in [1.29, 1.82) is 0 Å². The van der Waals surface area contributed by atoms with E-state index in [9.17, 15) is 9.59 Å². The van der Waals surface area contributed by atoms with E-state index in [2.05, 4.69) is 50.5 Å². The minimum absolute atomic E-state index is 0.108. The third-order valence-electron chi connectivity index (χ3n) is 4.71. The number of anilines is 2. The number of carbonyl (C=O) groups is 2. The van der Waals surface area contributed by atoms with Crippen molar-refractivity contribution in [3.8, 4) is 0 Å². The second-order valence-corrected chi connectivity index (χ2v) is 8.41. The molecule has 2 aromatic carbocycles. The number of nitrogens with one attached hydrogen (secondary N) is 3. The van der Waals surface area contributed by atoms with Crippen LogP contribution in [0.4, 0.5) is 11.4 Å². The molecule has 2 rings (SSSR count). The molecule has 1 atom stereocenters. The number of quaternary nitrogens is 1. The molecule has 0 heterocycles. The van der Waals surface area contributed by atoms with Gasteiger partial charge in [-0.2, -0.15) is 0 Å². The van der Waals surface area contributed by atoms with Crippen molar-refractivity contribution in [3.05, 3.63) is 58.6 Å². The summed E-state index contributed by atoms with van der Waals surface area (Å²) in [5, 5.41) is 6.37. The molecular weight excluding hydrogens is 386 g/mol. The number of para-hydroxylation sites is 2. The average molecular weight is 417 g/mol. The van der Waals surface area contributed by atoms with Crippen LogP contribution in [0.5, 0.6) is 0 Å². The average Bonchev–Trinajstić information content (AvgIpc) is 2.63. The Morgan fingerprint density at radius 2 is 1.38 bits per heavy atom. The molecule has 0 aromatic heterocycles. The summed E-state index contributed by atoms with van der Waals surface area (Å²) < 4.78 is 0. The number of amides is 2. The van der Waals surface area contributed by atoms with Gasteiger partial charge in [-0.1, -0.05) is 69.6 Å². The number of benzene rings is 2. The number of hydrogen-bond acceptors (Lipinski definition) is 2. The zero-order valence-corrected chi connectivity index (χ0v) is 18.6. The molecule has 0 bridgehead atoms. The monoisotopic (exact) mass is 416 g/mol. The minimum Gasteiger partial charge on any atom is -0.322 e. The Kier molecular flexibility index (Phi) is 8.23. The van der Waals surface area contributed by atoms with E-state index < -0.39 is 0 Å². The number of halogens is 1. The zero-order chi connectivity index (χ0) is 21.6. The molecule has 0 aliphatic rings. The summed E-state index contributed by atoms with van der Waals surface area (Å²) in [6.45, 7) is 8.83. The fourth-order valence-electron chi connectivity index (χ4n) is 3.25. The van der Waals surface area contributed by atoms with Crippen LogP contribution in [-0.4, -0.2) is 32.0 Å². The van der Waals surface area contributed by atoms with Gasteiger partial charge < -0.3 is 15.5 Å². The van der Waals surface area contributed by atoms with Gasteiger partial charge >= 0.3 is 0 Å². The highest BCUT2D eigenvalue weighted by molar-refractivity contribution is 6.33. The van der Waals surface area contributed by atoms with E-state index in [1.54, 1.807) is 18.2 Å². The fraction of sp³-hybridized carbons (Fsp3) is 0.391. The first-order valence-electron chi connectivity index (χ1n) is 9.97. The number of hydrogen-bond donors (Lipinski definition) is 3. The van der Waals surface area contributed by atoms with E-state index >= 15 is 0 Å². The van der Waals surface area contributed by atoms with Gasteiger partial charge in [0.25, 0.3) is 11.8 Å². The lowest BCUT2D eigenvalue weighted by Gasteiger charge is -2.21. The van der Waals surface area contributed by atoms with Crippen LogP contribution >= 0.6 is 11.6 Å². The van der Waals surface area contributed by atoms with Gasteiger partial charge in [-0.15, -0.1) is 0 Å². The summed E-state index contributed by atoms with van der Waals surface area (Å²) in [7, 11) is 1.82. The molecule has 0 saturated heterocycles. The van der Waals surface area contributed by atoms with Crippen molar-refractivity contribution in [2.75, 3.05) is 30.8 Å². The summed E-state index contributed by atoms with van der Waals surface area (Å²) in [6, 6.07) is 13.2. The van der Waals surface area contributed by atoms with Crippen LogP contribution in [0.1, 0.15) is 50.7 Å². The molecular formula is C23H31ClN3O2+. The third-order valence-corrected chi connectivity index (χ3v) is 5.04. The van der Waals surface area contributed by atoms with E-state index in [4.69, 9.17) is 11.6 Å². The Labute approximate surface area is 178 Å². The molecule has 2 amide bonds. The van der Waals surface area contributed by atoms with E-state index in [0.29, 0.717) is 22.5 Å². The third kappa shape index (κ3) is 6.58. The van der Waals surface area contributed by atoms with E-state index in [1.165, 1.54) is 0 Å². The highest BCUT2D eigenvalue weighted by Gasteiger charge is 2.19. The Bertz CT molecular complexity index is 839. The van der Waals surface area contributed by atoms with Crippen LogP contribution in [0.3, 0.4) is 0 Å². The van der Waals surface area contributed by atoms with Crippen LogP contribution in [0.25, 0.3) is 0 Å². The maximum atomic E-state index is 12.7. The van der Waals surface area contributed by atoms with Crippen molar-refractivity contribution in [1.82, 2.24) is 0 Å². The SMILES string of the molecule is CC(C)c1cccc(C(C)C)c1NC(=O)C[NH+](C)CC(=O)Nc1ccccc1Cl. The van der Waals surface area contributed by atoms with Crippen molar-refractivity contribution in [2.45, 2.75) is 39.5 Å². The van der Waals surface area contributed by atoms with Crippen LogP contribution in [0, 0.1) is 0 Å². The summed E-state index contributed by atoms with van der Waals surface area (Å²) in [5.74, 6) is 0.308. The Morgan fingerprint density at radius 1 is 0.862 bits per heavy atom. The molecule has 1 unspecified atom stereocenters. The van der Waals surface area contributed by atoms with Gasteiger partial charge in [-0.3, -0.25) is 9.59 Å². The van der Waals surface area contributed by atoms with E-state index in [-0.39, 0.29) is 24.9 Å². The normalized spacial score (nSPS) is 12.1. The molecule has 0 saturated carbocycles. The van der Waals surface area contributed by atoms with Crippen molar-refractivity contribution in [2.24, 2.45) is 0 Å². The molecule has 156 valence electrons. The molecule has 0 spiro atoms. The lowest BCUT2D eigenvalue weighted by Crippen LogP contribution is -3.11. The maximum absolute atomic E-state index is 12.7. The molecule has 2 aromatic rings. The van der Waals surface area contributed by atoms with Gasteiger partial charge in [0.05, 0.1) is 17.8 Å². The minimum atomic E-state index is -0.186. The summed E-state index contributed by atoms with van der Waals surface area (Å²) in [4.78, 5) is 25.8. The first-order chi connectivity index (χ1) is 13.7. The predicted octanol–water partition coefficient (Wildman–Crippen LogP) is 3.68. The van der Waals surface area contributed by atoms with Gasteiger partial charge in [0, 0.05) is 5.69 Å². The molecule has 5 nitrogen and oxygen atoms in total. The smallest absolute Gasteiger partial charge is 0.279 e. The van der Waals surface area contributed by atoms with Gasteiger partial charge in [-0.25, -0.2) is 0 Å². The summed E-state index contributed by atoms with van der Waals surface area (Å²) >= 11 is 6.07. The maximum Gasteiger partial charge on any atom is 0.279 e. The number of carbonyl (C=O) groups excluding carboxylic acids is 2. The van der Waals surface area contributed by atoms with Gasteiger partial charge in [0.15, 0.2) is 13.1 Å². The van der Waals surface area contributed by atoms with Crippen molar-refractivity contribution < 1.29 is 14.5 Å². The predicted molar refractivity (Wildman–Crippen MR) is 120 cm³/mol. The second kappa shape index (κ2) is 10.4. The molecule has 0 radical (unpaired) electrons. The van der Waals surface area contributed by atoms with Gasteiger partial charge in [0.1, 0.15) is 0 Å². The lowest BCUT2D eigenvalue weighted by atomic mass is 9.92. The highest BCUT2D eigenvalue weighted by Crippen LogP contribution is 2.32. The summed E-state index contributed by atoms with van der Waals surface area (Å²) in [6.07, 6.45) is 0. The van der Waals surface area contributed by atoms with E-state index in [0.717, 1.165) is 21.7 Å². The molecule has 29 heavy (non-hydrogen) atoms. The van der Waals surface area contributed by atoms with Crippen LogP contribution in [0.2, 0.25) is 5.02 Å². The second-order valence-electron chi connectivity index (χ2n) is 8.01.